The van der Waals surface area contributed by atoms with Crippen molar-refractivity contribution in [2.24, 2.45) is 5.73 Å². The van der Waals surface area contributed by atoms with Gasteiger partial charge in [0.25, 0.3) is 0 Å². The number of fused-ring (bicyclic) bond motifs is 1. The van der Waals surface area contributed by atoms with Gasteiger partial charge in [0.2, 0.25) is 5.91 Å². The maximum Gasteiger partial charge on any atom is 0.223 e. The van der Waals surface area contributed by atoms with Crippen LogP contribution in [0.15, 0.2) is 30.5 Å². The lowest BCUT2D eigenvalue weighted by atomic mass is 10.1. The third-order valence-corrected chi connectivity index (χ3v) is 3.14. The Morgan fingerprint density at radius 2 is 2.11 bits per heavy atom. The van der Waals surface area contributed by atoms with Crippen molar-refractivity contribution in [2.75, 3.05) is 14.1 Å². The minimum absolute atomic E-state index is 0.149. The van der Waals surface area contributed by atoms with E-state index in [1.54, 1.807) is 19.0 Å². The van der Waals surface area contributed by atoms with Crippen LogP contribution in [0.3, 0.4) is 0 Å². The molecule has 2 N–H and O–H groups in total. The van der Waals surface area contributed by atoms with Gasteiger partial charge < -0.3 is 15.2 Å². The van der Waals surface area contributed by atoms with Crippen molar-refractivity contribution in [2.45, 2.75) is 19.5 Å². The molecule has 1 aromatic heterocycles. The van der Waals surface area contributed by atoms with Crippen LogP contribution in [0.5, 0.6) is 0 Å². The molecule has 0 radical (unpaired) electrons. The Morgan fingerprint density at radius 3 is 2.78 bits per heavy atom. The molecule has 0 aliphatic heterocycles. The predicted octanol–water partition coefficient (Wildman–Crippen LogP) is 1.58. The number of aryl methyl sites for hydroxylation is 1. The minimum Gasteiger partial charge on any atom is -0.349 e. The molecule has 0 saturated heterocycles. The molecule has 0 atom stereocenters. The number of amides is 1. The molecule has 0 spiro atoms. The van der Waals surface area contributed by atoms with Crippen molar-refractivity contribution in [1.82, 2.24) is 9.47 Å². The third kappa shape index (κ3) is 2.54. The van der Waals surface area contributed by atoms with Gasteiger partial charge in [0, 0.05) is 45.3 Å². The highest BCUT2D eigenvalue weighted by molar-refractivity contribution is 5.81. The molecular formula is C14H19N3O. The normalized spacial score (nSPS) is 10.8. The first-order valence-corrected chi connectivity index (χ1v) is 6.10. The number of rotatable bonds is 4. The maximum atomic E-state index is 11.6. The van der Waals surface area contributed by atoms with Crippen LogP contribution in [0.25, 0.3) is 10.9 Å². The molecular weight excluding hydrogens is 226 g/mol. The zero-order chi connectivity index (χ0) is 13.1. The first-order chi connectivity index (χ1) is 8.61. The van der Waals surface area contributed by atoms with Crippen molar-refractivity contribution in [1.29, 1.82) is 0 Å². The zero-order valence-corrected chi connectivity index (χ0v) is 10.9. The predicted molar refractivity (Wildman–Crippen MR) is 73.1 cm³/mol. The molecule has 1 heterocycles. The molecule has 0 aliphatic carbocycles. The Balaban J connectivity index is 2.17. The van der Waals surface area contributed by atoms with Crippen molar-refractivity contribution >= 4 is 16.8 Å². The summed E-state index contributed by atoms with van der Waals surface area (Å²) in [6.07, 6.45) is 2.54. The average Bonchev–Trinajstić information content (AvgIpc) is 2.77. The lowest BCUT2D eigenvalue weighted by Crippen LogP contribution is -2.22. The number of nitrogens with two attached hydrogens (primary N) is 1. The Hall–Kier alpha value is -1.81. The van der Waals surface area contributed by atoms with Gasteiger partial charge in [-0.1, -0.05) is 6.07 Å². The second-order valence-electron chi connectivity index (χ2n) is 4.64. The van der Waals surface area contributed by atoms with Gasteiger partial charge in [-0.05, 0) is 29.1 Å². The summed E-state index contributed by atoms with van der Waals surface area (Å²) >= 11 is 0. The fraction of sp³-hybridized carbons (Fsp3) is 0.357. The SMILES string of the molecule is CN(C)C(=O)CCn1ccc2cc(CN)ccc21. The minimum atomic E-state index is 0.149. The number of nitrogens with zero attached hydrogens (tertiary/aromatic N) is 2. The van der Waals surface area contributed by atoms with Gasteiger partial charge in [-0.2, -0.15) is 0 Å². The number of benzene rings is 1. The molecule has 1 aromatic carbocycles. The van der Waals surface area contributed by atoms with E-state index >= 15 is 0 Å². The summed E-state index contributed by atoms with van der Waals surface area (Å²) in [5.74, 6) is 0.149. The number of aromatic nitrogens is 1. The van der Waals surface area contributed by atoms with E-state index in [2.05, 4.69) is 22.8 Å². The van der Waals surface area contributed by atoms with E-state index < -0.39 is 0 Å². The topological polar surface area (TPSA) is 51.3 Å². The Morgan fingerprint density at radius 1 is 1.33 bits per heavy atom. The second kappa shape index (κ2) is 5.23. The molecule has 4 heteroatoms. The van der Waals surface area contributed by atoms with E-state index in [0.29, 0.717) is 19.5 Å². The van der Waals surface area contributed by atoms with Crippen LogP contribution in [0.1, 0.15) is 12.0 Å². The van der Waals surface area contributed by atoms with Gasteiger partial charge in [0.05, 0.1) is 0 Å². The van der Waals surface area contributed by atoms with Crippen LogP contribution < -0.4 is 5.73 Å². The van der Waals surface area contributed by atoms with Crippen LogP contribution in [0, 0.1) is 0 Å². The summed E-state index contributed by atoms with van der Waals surface area (Å²) in [6, 6.07) is 8.26. The first-order valence-electron chi connectivity index (χ1n) is 6.10. The van der Waals surface area contributed by atoms with Crippen molar-refractivity contribution < 1.29 is 4.79 Å². The molecule has 4 nitrogen and oxygen atoms in total. The molecule has 0 unspecified atom stereocenters. The molecule has 0 aliphatic rings. The molecule has 0 saturated carbocycles. The monoisotopic (exact) mass is 245 g/mol. The maximum absolute atomic E-state index is 11.6. The summed E-state index contributed by atoms with van der Waals surface area (Å²) in [5.41, 5.74) is 7.90. The highest BCUT2D eigenvalue weighted by Gasteiger charge is 2.06. The van der Waals surface area contributed by atoms with Crippen LogP contribution >= 0.6 is 0 Å². The molecule has 2 rings (SSSR count). The summed E-state index contributed by atoms with van der Waals surface area (Å²) in [7, 11) is 3.56. The van der Waals surface area contributed by atoms with Gasteiger partial charge in [-0.15, -0.1) is 0 Å². The van der Waals surface area contributed by atoms with Gasteiger partial charge in [0.1, 0.15) is 0 Å². The van der Waals surface area contributed by atoms with Crippen LogP contribution in [-0.2, 0) is 17.9 Å². The number of carbonyl (C=O) groups excluding carboxylic acids is 1. The molecule has 0 fully saturated rings. The quantitative estimate of drug-likeness (QED) is 0.889. The van der Waals surface area contributed by atoms with Crippen LogP contribution in [-0.4, -0.2) is 29.5 Å². The van der Waals surface area contributed by atoms with E-state index in [0.717, 1.165) is 11.1 Å². The lowest BCUT2D eigenvalue weighted by Gasteiger charge is -2.11. The van der Waals surface area contributed by atoms with Crippen LogP contribution in [0.4, 0.5) is 0 Å². The zero-order valence-electron chi connectivity index (χ0n) is 10.9. The highest BCUT2D eigenvalue weighted by Crippen LogP contribution is 2.18. The summed E-state index contributed by atoms with van der Waals surface area (Å²) < 4.78 is 2.11. The average molecular weight is 245 g/mol. The van der Waals surface area contributed by atoms with E-state index in [-0.39, 0.29) is 5.91 Å². The molecule has 0 bridgehead atoms. The standard InChI is InChI=1S/C14H19N3O/c1-16(2)14(18)6-8-17-7-5-12-9-11(10-15)3-4-13(12)17/h3-5,7,9H,6,8,10,15H2,1-2H3. The highest BCUT2D eigenvalue weighted by atomic mass is 16.2. The molecule has 18 heavy (non-hydrogen) atoms. The Bertz CT molecular complexity index is 557. The lowest BCUT2D eigenvalue weighted by molar-refractivity contribution is -0.128. The molecule has 1 amide bonds. The molecule has 96 valence electrons. The Kier molecular flexibility index (Phi) is 3.67. The van der Waals surface area contributed by atoms with Crippen LogP contribution in [0.2, 0.25) is 0 Å². The van der Waals surface area contributed by atoms with Crippen molar-refractivity contribution in [3.8, 4) is 0 Å². The largest absolute Gasteiger partial charge is 0.349 e. The summed E-state index contributed by atoms with van der Waals surface area (Å²) in [4.78, 5) is 13.2. The summed E-state index contributed by atoms with van der Waals surface area (Å²) in [6.45, 7) is 1.27. The fourth-order valence-electron chi connectivity index (χ4n) is 2.01. The van der Waals surface area contributed by atoms with E-state index in [1.807, 2.05) is 12.3 Å². The fourth-order valence-corrected chi connectivity index (χ4v) is 2.01. The number of hydrogen-bond donors (Lipinski definition) is 1. The Labute approximate surface area is 107 Å². The third-order valence-electron chi connectivity index (χ3n) is 3.14. The van der Waals surface area contributed by atoms with E-state index in [1.165, 1.54) is 5.39 Å². The van der Waals surface area contributed by atoms with Gasteiger partial charge in [-0.25, -0.2) is 0 Å². The second-order valence-corrected chi connectivity index (χ2v) is 4.64. The van der Waals surface area contributed by atoms with E-state index in [4.69, 9.17) is 5.73 Å². The summed E-state index contributed by atoms with van der Waals surface area (Å²) in [5, 5.41) is 1.18. The smallest absolute Gasteiger partial charge is 0.223 e. The van der Waals surface area contributed by atoms with Crippen molar-refractivity contribution in [3.05, 3.63) is 36.0 Å². The number of carbonyl (C=O) groups is 1. The van der Waals surface area contributed by atoms with Gasteiger partial charge in [-0.3, -0.25) is 4.79 Å². The first kappa shape index (κ1) is 12.6. The van der Waals surface area contributed by atoms with Gasteiger partial charge >= 0.3 is 0 Å². The molecule has 2 aromatic rings. The van der Waals surface area contributed by atoms with E-state index in [9.17, 15) is 4.79 Å². The van der Waals surface area contributed by atoms with Gasteiger partial charge in [0.15, 0.2) is 0 Å². The number of hydrogen-bond acceptors (Lipinski definition) is 2. The van der Waals surface area contributed by atoms with Crippen molar-refractivity contribution in [3.63, 3.8) is 0 Å².